The Morgan fingerprint density at radius 3 is 2.68 bits per heavy atom. The first-order valence-electron chi connectivity index (χ1n) is 5.72. The van der Waals surface area contributed by atoms with Gasteiger partial charge in [0, 0.05) is 17.7 Å². The third-order valence-corrected chi connectivity index (χ3v) is 5.21. The number of carbonyl (C=O) groups is 1. The number of aromatic carboxylic acids is 1. The first kappa shape index (κ1) is 16.1. The van der Waals surface area contributed by atoms with Gasteiger partial charge in [0.1, 0.15) is 0 Å². The summed E-state index contributed by atoms with van der Waals surface area (Å²) in [6.45, 7) is 2.74. The highest BCUT2D eigenvalue weighted by atomic mass is 79.9. The van der Waals surface area contributed by atoms with Gasteiger partial charge in [-0.05, 0) is 47.5 Å². The first-order chi connectivity index (χ1) is 8.88. The minimum atomic E-state index is -3.52. The van der Waals surface area contributed by atoms with E-state index >= 15 is 0 Å². The van der Waals surface area contributed by atoms with Crippen LogP contribution in [0.2, 0.25) is 0 Å². The second-order valence-electron chi connectivity index (χ2n) is 3.82. The summed E-state index contributed by atoms with van der Waals surface area (Å²) in [7, 11) is -3.52. The lowest BCUT2D eigenvalue weighted by atomic mass is 10.2. The van der Waals surface area contributed by atoms with Crippen LogP contribution in [-0.2, 0) is 14.6 Å². The first-order valence-corrected chi connectivity index (χ1v) is 8.16. The number of benzene rings is 1. The van der Waals surface area contributed by atoms with Gasteiger partial charge in [-0.15, -0.1) is 0 Å². The Morgan fingerprint density at radius 2 is 2.11 bits per heavy atom. The van der Waals surface area contributed by atoms with Gasteiger partial charge in [0.2, 0.25) is 0 Å². The van der Waals surface area contributed by atoms with Gasteiger partial charge in [-0.3, -0.25) is 0 Å². The van der Waals surface area contributed by atoms with E-state index in [9.17, 15) is 13.2 Å². The maximum atomic E-state index is 12.1. The Hall–Kier alpha value is -0.920. The maximum absolute atomic E-state index is 12.1. The molecule has 0 radical (unpaired) electrons. The van der Waals surface area contributed by atoms with Crippen LogP contribution in [0.15, 0.2) is 27.6 Å². The zero-order chi connectivity index (χ0) is 14.5. The molecule has 106 valence electrons. The number of carboxylic acids is 1. The second-order valence-corrected chi connectivity index (χ2v) is 6.75. The monoisotopic (exact) mass is 350 g/mol. The molecule has 0 atom stereocenters. The second kappa shape index (κ2) is 7.02. The van der Waals surface area contributed by atoms with Crippen molar-refractivity contribution < 1.29 is 23.1 Å². The van der Waals surface area contributed by atoms with E-state index in [1.807, 2.05) is 6.92 Å². The number of halogens is 1. The molecule has 0 saturated carbocycles. The number of sulfone groups is 1. The molecule has 0 fully saturated rings. The summed E-state index contributed by atoms with van der Waals surface area (Å²) in [5.41, 5.74) is -0.0495. The predicted molar refractivity (Wildman–Crippen MR) is 74.3 cm³/mol. The topological polar surface area (TPSA) is 80.7 Å². The minimum absolute atomic E-state index is 0.00361. The van der Waals surface area contributed by atoms with Crippen LogP contribution in [0, 0.1) is 0 Å². The van der Waals surface area contributed by atoms with Crippen LogP contribution in [0.25, 0.3) is 0 Å². The molecule has 0 saturated heterocycles. The molecule has 0 aromatic heterocycles. The van der Waals surface area contributed by atoms with E-state index in [0.717, 1.165) is 0 Å². The van der Waals surface area contributed by atoms with Crippen molar-refractivity contribution in [2.24, 2.45) is 0 Å². The van der Waals surface area contributed by atoms with Crippen LogP contribution in [0.1, 0.15) is 23.7 Å². The van der Waals surface area contributed by atoms with Crippen molar-refractivity contribution in [2.45, 2.75) is 18.2 Å². The largest absolute Gasteiger partial charge is 0.478 e. The third-order valence-electron chi connectivity index (χ3n) is 2.42. The molecule has 1 aromatic carbocycles. The fourth-order valence-electron chi connectivity index (χ4n) is 1.48. The zero-order valence-electron chi connectivity index (χ0n) is 10.4. The van der Waals surface area contributed by atoms with Gasteiger partial charge in [-0.1, -0.05) is 0 Å². The summed E-state index contributed by atoms with van der Waals surface area (Å²) in [5, 5.41) is 8.88. The van der Waals surface area contributed by atoms with E-state index in [0.29, 0.717) is 24.1 Å². The molecular weight excluding hydrogens is 336 g/mol. The van der Waals surface area contributed by atoms with Gasteiger partial charge in [0.25, 0.3) is 0 Å². The van der Waals surface area contributed by atoms with Gasteiger partial charge in [0.15, 0.2) is 9.84 Å². The van der Waals surface area contributed by atoms with Crippen LogP contribution < -0.4 is 0 Å². The molecule has 0 aliphatic rings. The quantitative estimate of drug-likeness (QED) is 0.763. The summed E-state index contributed by atoms with van der Waals surface area (Å²) in [4.78, 5) is 10.9. The SMILES string of the molecule is CCOCCCS(=O)(=O)c1cc(C(=O)O)ccc1Br. The van der Waals surface area contributed by atoms with Crippen molar-refractivity contribution in [1.29, 1.82) is 0 Å². The molecule has 1 aromatic rings. The molecule has 1 N–H and O–H groups in total. The predicted octanol–water partition coefficient (Wildman–Crippen LogP) is 2.35. The van der Waals surface area contributed by atoms with Crippen LogP contribution in [0.5, 0.6) is 0 Å². The van der Waals surface area contributed by atoms with Crippen molar-refractivity contribution in [3.8, 4) is 0 Å². The average Bonchev–Trinajstić information content (AvgIpc) is 2.34. The molecule has 5 nitrogen and oxygen atoms in total. The molecular formula is C12H15BrO5S. The number of hydrogen-bond donors (Lipinski definition) is 1. The normalized spacial score (nSPS) is 11.5. The van der Waals surface area contributed by atoms with E-state index in [1.165, 1.54) is 18.2 Å². The van der Waals surface area contributed by atoms with Gasteiger partial charge < -0.3 is 9.84 Å². The van der Waals surface area contributed by atoms with Gasteiger partial charge in [0.05, 0.1) is 16.2 Å². The Labute approximate surface area is 120 Å². The fourth-order valence-corrected chi connectivity index (χ4v) is 3.86. The lowest BCUT2D eigenvalue weighted by molar-refractivity contribution is 0.0696. The average molecular weight is 351 g/mol. The molecule has 1 rings (SSSR count). The highest BCUT2D eigenvalue weighted by Gasteiger charge is 2.19. The Bertz CT molecular complexity index is 553. The number of carboxylic acid groups (broad SMARTS) is 1. The lowest BCUT2D eigenvalue weighted by Gasteiger charge is -2.08. The molecule has 0 aliphatic heterocycles. The summed E-state index contributed by atoms with van der Waals surface area (Å²) in [6.07, 6.45) is 0.375. The molecule has 19 heavy (non-hydrogen) atoms. The standard InChI is InChI=1S/C12H15BrO5S/c1-2-18-6-3-7-19(16,17)11-8-9(12(14)15)4-5-10(11)13/h4-5,8H,2-3,6-7H2,1H3,(H,14,15). The summed E-state index contributed by atoms with van der Waals surface area (Å²) >= 11 is 3.13. The smallest absolute Gasteiger partial charge is 0.335 e. The van der Waals surface area contributed by atoms with E-state index in [1.54, 1.807) is 0 Å². The van der Waals surface area contributed by atoms with Crippen molar-refractivity contribution in [1.82, 2.24) is 0 Å². The molecule has 0 bridgehead atoms. The van der Waals surface area contributed by atoms with Crippen LogP contribution >= 0.6 is 15.9 Å². The highest BCUT2D eigenvalue weighted by Crippen LogP contribution is 2.24. The number of hydrogen-bond acceptors (Lipinski definition) is 4. The molecule has 0 unspecified atom stereocenters. The lowest BCUT2D eigenvalue weighted by Crippen LogP contribution is -2.11. The van der Waals surface area contributed by atoms with Gasteiger partial charge in [-0.2, -0.15) is 0 Å². The number of ether oxygens (including phenoxy) is 1. The van der Waals surface area contributed by atoms with Crippen molar-refractivity contribution in [3.05, 3.63) is 28.2 Å². The maximum Gasteiger partial charge on any atom is 0.335 e. The van der Waals surface area contributed by atoms with E-state index in [2.05, 4.69) is 15.9 Å². The molecule has 0 amide bonds. The molecule has 0 heterocycles. The zero-order valence-corrected chi connectivity index (χ0v) is 12.8. The molecule has 0 spiro atoms. The van der Waals surface area contributed by atoms with Crippen molar-refractivity contribution in [2.75, 3.05) is 19.0 Å². The van der Waals surface area contributed by atoms with E-state index in [4.69, 9.17) is 9.84 Å². The summed E-state index contributed by atoms with van der Waals surface area (Å²) < 4.78 is 29.7. The molecule has 0 aliphatic carbocycles. The fraction of sp³-hybridized carbons (Fsp3) is 0.417. The Kier molecular flexibility index (Phi) is 5.96. The summed E-state index contributed by atoms with van der Waals surface area (Å²) in [6, 6.07) is 3.95. The molecule has 7 heteroatoms. The highest BCUT2D eigenvalue weighted by molar-refractivity contribution is 9.10. The Balaban J connectivity index is 2.94. The van der Waals surface area contributed by atoms with Crippen molar-refractivity contribution >= 4 is 31.7 Å². The van der Waals surface area contributed by atoms with E-state index < -0.39 is 15.8 Å². The Morgan fingerprint density at radius 1 is 1.42 bits per heavy atom. The van der Waals surface area contributed by atoms with Crippen LogP contribution in [0.4, 0.5) is 0 Å². The number of rotatable bonds is 7. The third kappa shape index (κ3) is 4.59. The minimum Gasteiger partial charge on any atom is -0.478 e. The van der Waals surface area contributed by atoms with Crippen LogP contribution in [-0.4, -0.2) is 38.5 Å². The van der Waals surface area contributed by atoms with E-state index in [-0.39, 0.29) is 16.2 Å². The van der Waals surface area contributed by atoms with Gasteiger partial charge >= 0.3 is 5.97 Å². The van der Waals surface area contributed by atoms with Gasteiger partial charge in [-0.25, -0.2) is 13.2 Å². The summed E-state index contributed by atoms with van der Waals surface area (Å²) in [5.74, 6) is -1.23. The van der Waals surface area contributed by atoms with Crippen LogP contribution in [0.3, 0.4) is 0 Å². The van der Waals surface area contributed by atoms with Crippen molar-refractivity contribution in [3.63, 3.8) is 0 Å².